The predicted molar refractivity (Wildman–Crippen MR) is 135 cm³/mol. The van der Waals surface area contributed by atoms with Gasteiger partial charge in [-0.05, 0) is 54.3 Å². The number of methoxy groups -OCH3 is 1. The molecule has 35 heavy (non-hydrogen) atoms. The third-order valence-electron chi connectivity index (χ3n) is 5.71. The summed E-state index contributed by atoms with van der Waals surface area (Å²) in [7, 11) is 1.58. The molecule has 0 aliphatic rings. The van der Waals surface area contributed by atoms with Crippen molar-refractivity contribution in [3.05, 3.63) is 94.8 Å². The number of allylic oxidation sites excluding steroid dienone is 1. The van der Waals surface area contributed by atoms with E-state index in [1.54, 1.807) is 57.4 Å². The first kappa shape index (κ1) is 25.5. The lowest BCUT2D eigenvalue weighted by Crippen LogP contribution is -2.44. The Balaban J connectivity index is 1.71. The Hall–Kier alpha value is -4.13. The van der Waals surface area contributed by atoms with Crippen molar-refractivity contribution in [2.45, 2.75) is 33.4 Å². The number of amides is 1. The number of hydrogen-bond acceptors (Lipinski definition) is 4. The number of ether oxygens (including phenoxy) is 1. The van der Waals surface area contributed by atoms with Crippen molar-refractivity contribution in [2.24, 2.45) is 5.92 Å². The van der Waals surface area contributed by atoms with Crippen LogP contribution in [0.25, 0.3) is 6.08 Å². The highest BCUT2D eigenvalue weighted by Gasteiger charge is 2.24. The summed E-state index contributed by atoms with van der Waals surface area (Å²) in [5.41, 5.74) is 3.24. The van der Waals surface area contributed by atoms with Crippen LogP contribution in [0.2, 0.25) is 0 Å². The highest BCUT2D eigenvalue weighted by Crippen LogP contribution is 2.21. The molecular formula is C28H30N2O5. The van der Waals surface area contributed by atoms with Crippen LogP contribution in [0, 0.1) is 12.8 Å². The molecule has 0 radical (unpaired) electrons. The number of carboxylic acid groups (broad SMARTS) is 1. The molecule has 0 spiro atoms. The smallest absolute Gasteiger partial charge is 0.326 e. The predicted octanol–water partition coefficient (Wildman–Crippen LogP) is 4.59. The molecule has 0 saturated heterocycles. The van der Waals surface area contributed by atoms with E-state index in [1.807, 2.05) is 48.0 Å². The van der Waals surface area contributed by atoms with E-state index in [0.717, 1.165) is 11.1 Å². The van der Waals surface area contributed by atoms with Crippen LogP contribution in [-0.2, 0) is 11.3 Å². The number of hydrogen-bond donors (Lipinski definition) is 2. The number of aryl methyl sites for hydroxylation is 1. The number of carbonyl (C=O) groups excluding carboxylic acids is 2. The minimum atomic E-state index is -1.06. The normalized spacial score (nSPS) is 12.0. The Morgan fingerprint density at radius 1 is 1.06 bits per heavy atom. The maximum Gasteiger partial charge on any atom is 0.326 e. The van der Waals surface area contributed by atoms with Crippen molar-refractivity contribution in [2.75, 3.05) is 7.11 Å². The maximum atomic E-state index is 13.1. The number of nitrogens with zero attached hydrogens (tertiary/aromatic N) is 1. The molecule has 3 rings (SSSR count). The van der Waals surface area contributed by atoms with Crippen LogP contribution in [0.5, 0.6) is 5.75 Å². The lowest BCUT2D eigenvalue weighted by Gasteiger charge is -2.18. The lowest BCUT2D eigenvalue weighted by atomic mass is 10.0. The molecule has 2 aromatic carbocycles. The van der Waals surface area contributed by atoms with Crippen molar-refractivity contribution in [1.82, 2.24) is 9.88 Å². The number of nitrogens with one attached hydrogen (secondary N) is 1. The summed E-state index contributed by atoms with van der Waals surface area (Å²) in [6, 6.07) is 15.0. The third-order valence-corrected chi connectivity index (χ3v) is 5.71. The summed E-state index contributed by atoms with van der Waals surface area (Å²) in [6.45, 7) is 5.87. The van der Waals surface area contributed by atoms with Crippen molar-refractivity contribution in [1.29, 1.82) is 0 Å². The molecule has 2 N–H and O–H groups in total. The van der Waals surface area contributed by atoms with Crippen molar-refractivity contribution in [3.8, 4) is 5.75 Å². The molecule has 1 aromatic heterocycles. The van der Waals surface area contributed by atoms with Gasteiger partial charge in [-0.2, -0.15) is 0 Å². The van der Waals surface area contributed by atoms with Gasteiger partial charge in [-0.3, -0.25) is 9.59 Å². The van der Waals surface area contributed by atoms with Crippen LogP contribution in [0.15, 0.2) is 66.9 Å². The van der Waals surface area contributed by atoms with Gasteiger partial charge in [0.25, 0.3) is 5.91 Å². The first-order valence-corrected chi connectivity index (χ1v) is 11.4. The Labute approximate surface area is 205 Å². The lowest BCUT2D eigenvalue weighted by molar-refractivity contribution is -0.140. The second-order valence-electron chi connectivity index (χ2n) is 8.62. The molecule has 0 saturated carbocycles. The summed E-state index contributed by atoms with van der Waals surface area (Å²) in [5, 5.41) is 11.9. The fourth-order valence-electron chi connectivity index (χ4n) is 3.71. The Morgan fingerprint density at radius 3 is 2.51 bits per heavy atom. The van der Waals surface area contributed by atoms with Crippen LogP contribution >= 0.6 is 0 Å². The zero-order valence-corrected chi connectivity index (χ0v) is 20.3. The van der Waals surface area contributed by atoms with Crippen molar-refractivity contribution < 1.29 is 24.2 Å². The second kappa shape index (κ2) is 11.3. The van der Waals surface area contributed by atoms with E-state index in [2.05, 4.69) is 5.32 Å². The summed E-state index contributed by atoms with van der Waals surface area (Å²) in [5.74, 6) is -1.17. The molecule has 7 heteroatoms. The Kier molecular flexibility index (Phi) is 8.25. The van der Waals surface area contributed by atoms with Crippen LogP contribution in [0.3, 0.4) is 0 Å². The third kappa shape index (κ3) is 6.26. The van der Waals surface area contributed by atoms with Gasteiger partial charge >= 0.3 is 5.97 Å². The van der Waals surface area contributed by atoms with Crippen LogP contribution < -0.4 is 10.1 Å². The molecule has 1 atom stereocenters. The van der Waals surface area contributed by atoms with Crippen LogP contribution in [0.1, 0.15) is 51.4 Å². The molecule has 0 unspecified atom stereocenters. The fraction of sp³-hybridized carbons (Fsp3) is 0.250. The quantitative estimate of drug-likeness (QED) is 0.419. The van der Waals surface area contributed by atoms with E-state index in [0.29, 0.717) is 29.1 Å². The van der Waals surface area contributed by atoms with Gasteiger partial charge in [0, 0.05) is 23.9 Å². The van der Waals surface area contributed by atoms with Crippen molar-refractivity contribution >= 4 is 23.7 Å². The highest BCUT2D eigenvalue weighted by molar-refractivity contribution is 6.08. The monoisotopic (exact) mass is 474 g/mol. The minimum absolute atomic E-state index is 0.0986. The number of carboxylic acids is 1. The molecule has 0 aliphatic heterocycles. The minimum Gasteiger partial charge on any atom is -0.496 e. The van der Waals surface area contributed by atoms with E-state index in [-0.39, 0.29) is 11.7 Å². The fourth-order valence-corrected chi connectivity index (χ4v) is 3.71. The van der Waals surface area contributed by atoms with E-state index < -0.39 is 17.9 Å². The van der Waals surface area contributed by atoms with Gasteiger partial charge in [0.05, 0.1) is 12.8 Å². The Morgan fingerprint density at radius 2 is 1.83 bits per heavy atom. The summed E-state index contributed by atoms with van der Waals surface area (Å²) in [4.78, 5) is 37.0. The zero-order valence-electron chi connectivity index (χ0n) is 20.3. The highest BCUT2D eigenvalue weighted by atomic mass is 16.5. The Bertz CT molecular complexity index is 1260. The second-order valence-corrected chi connectivity index (χ2v) is 8.62. The number of rotatable bonds is 10. The number of ketones is 1. The van der Waals surface area contributed by atoms with Crippen LogP contribution in [0.4, 0.5) is 0 Å². The topological polar surface area (TPSA) is 97.6 Å². The number of carbonyl (C=O) groups is 3. The SMILES string of the molecule is COc1cc(C(=O)c2cccn2C/C=C/c2cccc(C(=O)N[C@H](C(=O)O)C(C)C)c2)ccc1C. The standard InChI is InChI=1S/C28H30N2O5/c1-18(2)25(28(33)34)29-27(32)22-10-5-8-20(16-22)9-6-14-30-15-7-11-23(30)26(31)21-13-12-19(3)24(17-21)35-4/h5-13,15-18,25H,14H2,1-4H3,(H,29,32)(H,33,34)/b9-6+/t25-/m0/s1. The molecule has 3 aromatic rings. The first-order chi connectivity index (χ1) is 16.7. The molecule has 7 nitrogen and oxygen atoms in total. The molecule has 182 valence electrons. The molecule has 1 amide bonds. The summed E-state index contributed by atoms with van der Waals surface area (Å²) in [6.07, 6.45) is 5.60. The number of benzene rings is 2. The van der Waals surface area contributed by atoms with Gasteiger partial charge < -0.3 is 19.7 Å². The molecular weight excluding hydrogens is 444 g/mol. The zero-order chi connectivity index (χ0) is 25.5. The van der Waals surface area contributed by atoms with Gasteiger partial charge in [-0.1, -0.05) is 50.3 Å². The van der Waals surface area contributed by atoms with E-state index in [1.165, 1.54) is 0 Å². The maximum absolute atomic E-state index is 13.1. The molecule has 0 fully saturated rings. The van der Waals surface area contributed by atoms with Crippen LogP contribution in [-0.4, -0.2) is 40.5 Å². The van der Waals surface area contributed by atoms with Gasteiger partial charge in [0.2, 0.25) is 5.78 Å². The average molecular weight is 475 g/mol. The largest absolute Gasteiger partial charge is 0.496 e. The van der Waals surface area contributed by atoms with Gasteiger partial charge in [-0.25, -0.2) is 4.79 Å². The summed E-state index contributed by atoms with van der Waals surface area (Å²) < 4.78 is 7.19. The van der Waals surface area contributed by atoms with Crippen molar-refractivity contribution in [3.63, 3.8) is 0 Å². The van der Waals surface area contributed by atoms with Gasteiger partial charge in [0.1, 0.15) is 11.8 Å². The van der Waals surface area contributed by atoms with E-state index >= 15 is 0 Å². The van der Waals surface area contributed by atoms with Gasteiger partial charge in [0.15, 0.2) is 0 Å². The first-order valence-electron chi connectivity index (χ1n) is 11.4. The average Bonchev–Trinajstić information content (AvgIpc) is 3.30. The molecule has 1 heterocycles. The molecule has 0 bridgehead atoms. The van der Waals surface area contributed by atoms with E-state index in [9.17, 15) is 19.5 Å². The number of aliphatic carboxylic acids is 1. The molecule has 0 aliphatic carbocycles. The number of aromatic nitrogens is 1. The van der Waals surface area contributed by atoms with E-state index in [4.69, 9.17) is 4.74 Å². The summed E-state index contributed by atoms with van der Waals surface area (Å²) >= 11 is 0. The van der Waals surface area contributed by atoms with Gasteiger partial charge in [-0.15, -0.1) is 0 Å².